The van der Waals surface area contributed by atoms with Crippen LogP contribution in [0.4, 0.5) is 0 Å². The van der Waals surface area contributed by atoms with Crippen molar-refractivity contribution in [3.05, 3.63) is 57.2 Å². The van der Waals surface area contributed by atoms with Crippen LogP contribution in [-0.4, -0.2) is 42.5 Å². The minimum atomic E-state index is -0.154. The van der Waals surface area contributed by atoms with Crippen molar-refractivity contribution in [2.45, 2.75) is 38.3 Å². The molecular formula is C21H25ClN2O3S. The highest BCUT2D eigenvalue weighted by molar-refractivity contribution is 7.09. The number of thiophene rings is 1. The second kappa shape index (κ2) is 10.6. The van der Waals surface area contributed by atoms with Gasteiger partial charge in [0.15, 0.2) is 0 Å². The fourth-order valence-electron chi connectivity index (χ4n) is 3.18. The zero-order valence-electron chi connectivity index (χ0n) is 15.7. The van der Waals surface area contributed by atoms with Crippen LogP contribution in [0.15, 0.2) is 41.8 Å². The van der Waals surface area contributed by atoms with Crippen LogP contribution in [0, 0.1) is 0 Å². The minimum Gasteiger partial charge on any atom is -0.376 e. The van der Waals surface area contributed by atoms with Crippen LogP contribution in [0.1, 0.15) is 40.9 Å². The molecule has 0 bridgehead atoms. The lowest BCUT2D eigenvalue weighted by molar-refractivity contribution is -0.133. The first kappa shape index (κ1) is 20.8. The number of rotatable bonds is 9. The van der Waals surface area contributed by atoms with E-state index in [-0.39, 0.29) is 17.9 Å². The monoisotopic (exact) mass is 420 g/mol. The smallest absolute Gasteiger partial charge is 0.251 e. The summed E-state index contributed by atoms with van der Waals surface area (Å²) in [5.74, 6) is -0.0523. The van der Waals surface area contributed by atoms with Crippen molar-refractivity contribution in [1.29, 1.82) is 0 Å². The van der Waals surface area contributed by atoms with Crippen molar-refractivity contribution in [1.82, 2.24) is 10.2 Å². The van der Waals surface area contributed by atoms with Crippen molar-refractivity contribution < 1.29 is 14.3 Å². The van der Waals surface area contributed by atoms with Crippen molar-refractivity contribution in [3.63, 3.8) is 0 Å². The SMILES string of the molecule is O=C(NCCCC(=O)N(Cc1cccs1)CC1CCCO1)c1ccc(Cl)cc1. The zero-order valence-corrected chi connectivity index (χ0v) is 17.3. The van der Waals surface area contributed by atoms with Gasteiger partial charge in [-0.2, -0.15) is 0 Å². The second-order valence-corrected chi connectivity index (χ2v) is 8.32. The van der Waals surface area contributed by atoms with E-state index >= 15 is 0 Å². The molecule has 0 saturated carbocycles. The van der Waals surface area contributed by atoms with Crippen molar-refractivity contribution in [3.8, 4) is 0 Å². The predicted octanol–water partition coefficient (Wildman–Crippen LogP) is 4.12. The maximum Gasteiger partial charge on any atom is 0.251 e. The molecule has 0 spiro atoms. The van der Waals surface area contributed by atoms with E-state index in [1.165, 1.54) is 4.88 Å². The van der Waals surface area contributed by atoms with Crippen molar-refractivity contribution in [2.75, 3.05) is 19.7 Å². The third-order valence-corrected chi connectivity index (χ3v) is 5.80. The Morgan fingerprint density at radius 3 is 2.75 bits per heavy atom. The molecule has 1 atom stereocenters. The van der Waals surface area contributed by atoms with Gasteiger partial charge in [-0.15, -0.1) is 11.3 Å². The fourth-order valence-corrected chi connectivity index (χ4v) is 4.03. The number of carbonyl (C=O) groups is 2. The van der Waals surface area contributed by atoms with E-state index in [2.05, 4.69) is 5.32 Å². The summed E-state index contributed by atoms with van der Waals surface area (Å²) >= 11 is 7.49. The second-order valence-electron chi connectivity index (χ2n) is 6.85. The van der Waals surface area contributed by atoms with Crippen LogP contribution in [0.5, 0.6) is 0 Å². The van der Waals surface area contributed by atoms with Gasteiger partial charge in [0, 0.05) is 41.6 Å². The number of amides is 2. The van der Waals surface area contributed by atoms with Crippen LogP contribution < -0.4 is 5.32 Å². The maximum atomic E-state index is 12.8. The molecule has 2 heterocycles. The first-order chi connectivity index (χ1) is 13.6. The van der Waals surface area contributed by atoms with Crippen molar-refractivity contribution >= 4 is 34.8 Å². The Morgan fingerprint density at radius 1 is 1.25 bits per heavy atom. The number of carbonyl (C=O) groups excluding carboxylic acids is 2. The average molecular weight is 421 g/mol. The standard InChI is InChI=1S/C21H25ClN2O3S/c22-17-9-7-16(8-10-17)21(26)23-11-1-6-20(25)24(14-18-4-2-12-27-18)15-19-5-3-13-28-19/h3,5,7-10,13,18H,1-2,4,6,11-12,14-15H2,(H,23,26). The van der Waals surface area contributed by atoms with Gasteiger partial charge in [-0.05, 0) is 55.0 Å². The summed E-state index contributed by atoms with van der Waals surface area (Å²) in [5.41, 5.74) is 0.563. The van der Waals surface area contributed by atoms with Crippen LogP contribution in [0.3, 0.4) is 0 Å². The van der Waals surface area contributed by atoms with Crippen LogP contribution in [-0.2, 0) is 16.1 Å². The molecular weight excluding hydrogens is 396 g/mol. The highest BCUT2D eigenvalue weighted by Crippen LogP contribution is 2.18. The Hall–Kier alpha value is -1.89. The number of nitrogens with zero attached hydrogens (tertiary/aromatic N) is 1. The molecule has 1 aliphatic rings. The molecule has 2 amide bonds. The molecule has 0 aliphatic carbocycles. The van der Waals surface area contributed by atoms with Crippen molar-refractivity contribution in [2.24, 2.45) is 0 Å². The van der Waals surface area contributed by atoms with E-state index in [0.29, 0.717) is 43.1 Å². The normalized spacial score (nSPS) is 16.1. The molecule has 1 fully saturated rings. The van der Waals surface area contributed by atoms with E-state index in [4.69, 9.17) is 16.3 Å². The Labute approximate surface area is 174 Å². The summed E-state index contributed by atoms with van der Waals surface area (Å²) in [6.07, 6.45) is 3.20. The lowest BCUT2D eigenvalue weighted by atomic mass is 10.2. The topological polar surface area (TPSA) is 58.6 Å². The summed E-state index contributed by atoms with van der Waals surface area (Å²) in [6, 6.07) is 10.8. The summed E-state index contributed by atoms with van der Waals surface area (Å²) in [5, 5.41) is 5.48. The number of benzene rings is 1. The van der Waals surface area contributed by atoms with Gasteiger partial charge in [0.05, 0.1) is 12.6 Å². The van der Waals surface area contributed by atoms with Gasteiger partial charge in [0.1, 0.15) is 0 Å². The van der Waals surface area contributed by atoms with E-state index < -0.39 is 0 Å². The average Bonchev–Trinajstić information content (AvgIpc) is 3.39. The highest BCUT2D eigenvalue weighted by atomic mass is 35.5. The fraction of sp³-hybridized carbons (Fsp3) is 0.429. The van der Waals surface area contributed by atoms with Gasteiger partial charge >= 0.3 is 0 Å². The van der Waals surface area contributed by atoms with Crippen LogP contribution in [0.25, 0.3) is 0 Å². The van der Waals surface area contributed by atoms with Crippen LogP contribution >= 0.6 is 22.9 Å². The quantitative estimate of drug-likeness (QED) is 0.621. The van der Waals surface area contributed by atoms with E-state index in [1.54, 1.807) is 35.6 Å². The molecule has 28 heavy (non-hydrogen) atoms. The number of nitrogens with one attached hydrogen (secondary N) is 1. The zero-order chi connectivity index (χ0) is 19.8. The summed E-state index contributed by atoms with van der Waals surface area (Å²) in [4.78, 5) is 27.9. The molecule has 2 aromatic rings. The largest absolute Gasteiger partial charge is 0.376 e. The molecule has 5 nitrogen and oxygen atoms in total. The molecule has 1 unspecified atom stereocenters. The van der Waals surface area contributed by atoms with Gasteiger partial charge in [0.25, 0.3) is 5.91 Å². The number of ether oxygens (including phenoxy) is 1. The summed E-state index contributed by atoms with van der Waals surface area (Å²) in [7, 11) is 0. The summed E-state index contributed by atoms with van der Waals surface area (Å²) < 4.78 is 5.71. The lowest BCUT2D eigenvalue weighted by Gasteiger charge is -2.25. The molecule has 7 heteroatoms. The number of halogens is 1. The Morgan fingerprint density at radius 2 is 2.07 bits per heavy atom. The third kappa shape index (κ3) is 6.33. The Kier molecular flexibility index (Phi) is 7.89. The Bertz CT molecular complexity index is 758. The van der Waals surface area contributed by atoms with Crippen LogP contribution in [0.2, 0.25) is 5.02 Å². The highest BCUT2D eigenvalue weighted by Gasteiger charge is 2.22. The van der Waals surface area contributed by atoms with Gasteiger partial charge in [0.2, 0.25) is 5.91 Å². The molecule has 150 valence electrons. The number of hydrogen-bond donors (Lipinski definition) is 1. The molecule has 0 radical (unpaired) electrons. The Balaban J connectivity index is 1.45. The van der Waals surface area contributed by atoms with E-state index in [0.717, 1.165) is 19.4 Å². The third-order valence-electron chi connectivity index (χ3n) is 4.69. The molecule has 1 N–H and O–H groups in total. The maximum absolute atomic E-state index is 12.8. The minimum absolute atomic E-state index is 0.102. The molecule has 1 aliphatic heterocycles. The van der Waals surface area contributed by atoms with E-state index in [9.17, 15) is 9.59 Å². The van der Waals surface area contributed by atoms with Gasteiger partial charge in [-0.25, -0.2) is 0 Å². The first-order valence-corrected chi connectivity index (χ1v) is 10.8. The van der Waals surface area contributed by atoms with Gasteiger partial charge < -0.3 is 15.0 Å². The molecule has 1 aromatic heterocycles. The molecule has 1 aromatic carbocycles. The molecule has 3 rings (SSSR count). The first-order valence-electron chi connectivity index (χ1n) is 9.57. The van der Waals surface area contributed by atoms with E-state index in [1.807, 2.05) is 22.4 Å². The predicted molar refractivity (Wildman–Crippen MR) is 112 cm³/mol. The summed E-state index contributed by atoms with van der Waals surface area (Å²) in [6.45, 7) is 2.49. The molecule has 1 saturated heterocycles. The lowest BCUT2D eigenvalue weighted by Crippen LogP contribution is -2.37. The van der Waals surface area contributed by atoms with Gasteiger partial charge in [-0.3, -0.25) is 9.59 Å². The van der Waals surface area contributed by atoms with Gasteiger partial charge in [-0.1, -0.05) is 17.7 Å². The number of hydrogen-bond acceptors (Lipinski definition) is 4.